The summed E-state index contributed by atoms with van der Waals surface area (Å²) in [5.74, 6) is 0.789. The number of aromatic nitrogens is 2. The highest BCUT2D eigenvalue weighted by molar-refractivity contribution is 5.55. The van der Waals surface area contributed by atoms with E-state index in [1.807, 2.05) is 13.0 Å². The van der Waals surface area contributed by atoms with E-state index in [1.54, 1.807) is 0 Å². The van der Waals surface area contributed by atoms with Gasteiger partial charge in [0.15, 0.2) is 0 Å². The van der Waals surface area contributed by atoms with Crippen LogP contribution in [0, 0.1) is 18.7 Å². The van der Waals surface area contributed by atoms with Crippen LogP contribution in [0.3, 0.4) is 0 Å². The van der Waals surface area contributed by atoms with Crippen molar-refractivity contribution in [1.82, 2.24) is 10.1 Å². The molecule has 1 fully saturated rings. The molecule has 0 amide bonds. The molecule has 0 spiro atoms. The molecule has 0 aliphatic heterocycles. The van der Waals surface area contributed by atoms with Gasteiger partial charge in [0.25, 0.3) is 0 Å². The van der Waals surface area contributed by atoms with E-state index in [0.717, 1.165) is 18.4 Å². The van der Waals surface area contributed by atoms with Crippen LogP contribution in [-0.4, -0.2) is 21.4 Å². The Hall–Kier alpha value is -1.75. The molecule has 112 valence electrons. The predicted molar refractivity (Wildman–Crippen MR) is 76.1 cm³/mol. The molecule has 0 bridgehead atoms. The number of aliphatic hydroxyl groups excluding tert-OH is 1. The molecule has 5 heteroatoms. The number of nitrogens with zero attached hydrogens (tertiary/aromatic N) is 2. The quantitative estimate of drug-likeness (QED) is 0.938. The Balaban J connectivity index is 1.73. The predicted octanol–water partition coefficient (Wildman–Crippen LogP) is 3.28. The van der Waals surface area contributed by atoms with Crippen LogP contribution in [0.15, 0.2) is 22.7 Å². The minimum atomic E-state index is -0.435. The van der Waals surface area contributed by atoms with Crippen molar-refractivity contribution in [3.8, 4) is 11.4 Å². The lowest BCUT2D eigenvalue weighted by atomic mass is 9.98. The molecule has 1 heterocycles. The zero-order valence-corrected chi connectivity index (χ0v) is 12.1. The lowest BCUT2D eigenvalue weighted by molar-refractivity contribution is 0.102. The maximum atomic E-state index is 13.4. The molecule has 21 heavy (non-hydrogen) atoms. The van der Waals surface area contributed by atoms with E-state index in [2.05, 4.69) is 10.1 Å². The summed E-state index contributed by atoms with van der Waals surface area (Å²) >= 11 is 0. The summed E-state index contributed by atoms with van der Waals surface area (Å²) in [7, 11) is 0. The average Bonchev–Trinajstić information content (AvgIpc) is 3.08. The van der Waals surface area contributed by atoms with Gasteiger partial charge in [0.05, 0.1) is 12.5 Å². The summed E-state index contributed by atoms with van der Waals surface area (Å²) < 4.78 is 18.6. The van der Waals surface area contributed by atoms with Gasteiger partial charge in [0.1, 0.15) is 5.82 Å². The van der Waals surface area contributed by atoms with Crippen LogP contribution in [0.25, 0.3) is 11.4 Å². The molecule has 1 aromatic heterocycles. The van der Waals surface area contributed by atoms with Crippen LogP contribution in [0.1, 0.15) is 37.1 Å². The van der Waals surface area contributed by atoms with Crippen LogP contribution in [-0.2, 0) is 6.42 Å². The van der Waals surface area contributed by atoms with E-state index < -0.39 is 6.10 Å². The third-order valence-electron chi connectivity index (χ3n) is 4.10. The Morgan fingerprint density at radius 3 is 2.81 bits per heavy atom. The number of hydrogen-bond acceptors (Lipinski definition) is 4. The topological polar surface area (TPSA) is 59.2 Å². The summed E-state index contributed by atoms with van der Waals surface area (Å²) in [5, 5.41) is 14.1. The van der Waals surface area contributed by atoms with Crippen molar-refractivity contribution in [3.05, 3.63) is 35.5 Å². The fourth-order valence-electron chi connectivity index (χ4n) is 3.01. The highest BCUT2D eigenvalue weighted by Gasteiger charge is 2.25. The van der Waals surface area contributed by atoms with Crippen LogP contribution in [0.4, 0.5) is 4.39 Å². The van der Waals surface area contributed by atoms with Crippen LogP contribution in [0.2, 0.25) is 0 Å². The van der Waals surface area contributed by atoms with Crippen molar-refractivity contribution in [2.24, 2.45) is 5.92 Å². The minimum Gasteiger partial charge on any atom is -0.392 e. The highest BCUT2D eigenvalue weighted by atomic mass is 19.1. The Morgan fingerprint density at radius 2 is 2.10 bits per heavy atom. The van der Waals surface area contributed by atoms with E-state index in [0.29, 0.717) is 29.6 Å². The smallest absolute Gasteiger partial charge is 0.229 e. The maximum Gasteiger partial charge on any atom is 0.229 e. The number of rotatable bonds is 4. The summed E-state index contributed by atoms with van der Waals surface area (Å²) in [6.07, 6.45) is 4.41. The van der Waals surface area contributed by atoms with E-state index in [4.69, 9.17) is 4.52 Å². The average molecular weight is 290 g/mol. The summed E-state index contributed by atoms with van der Waals surface area (Å²) in [6, 6.07) is 4.65. The largest absolute Gasteiger partial charge is 0.392 e. The molecule has 4 nitrogen and oxygen atoms in total. The van der Waals surface area contributed by atoms with Crippen molar-refractivity contribution in [2.45, 2.75) is 45.1 Å². The normalized spacial score (nSPS) is 17.3. The summed E-state index contributed by atoms with van der Waals surface area (Å²) in [6.45, 7) is 1.82. The van der Waals surface area contributed by atoms with Gasteiger partial charge in [-0.1, -0.05) is 18.0 Å². The standard InChI is InChI=1S/C16H19FN2O2/c1-10-6-12(8-13(17)7-10)16-18-15(21-19-16)9-14(20)11-4-2-3-5-11/h6-8,11,14,20H,2-5,9H2,1H3. The van der Waals surface area contributed by atoms with E-state index in [1.165, 1.54) is 25.0 Å². The first-order chi connectivity index (χ1) is 10.1. The number of aryl methyl sites for hydroxylation is 1. The monoisotopic (exact) mass is 290 g/mol. The first-order valence-corrected chi connectivity index (χ1v) is 7.40. The SMILES string of the molecule is Cc1cc(F)cc(-c2noc(CC(O)C3CCCC3)n2)c1. The Kier molecular flexibility index (Phi) is 4.01. The third-order valence-corrected chi connectivity index (χ3v) is 4.10. The maximum absolute atomic E-state index is 13.4. The third kappa shape index (κ3) is 3.29. The molecule has 1 aliphatic rings. The van der Waals surface area contributed by atoms with E-state index in [9.17, 15) is 9.50 Å². The van der Waals surface area contributed by atoms with Crippen molar-refractivity contribution in [1.29, 1.82) is 0 Å². The van der Waals surface area contributed by atoms with E-state index in [-0.39, 0.29) is 5.82 Å². The molecule has 1 atom stereocenters. The fourth-order valence-corrected chi connectivity index (χ4v) is 3.01. The van der Waals surface area contributed by atoms with Crippen molar-refractivity contribution in [2.75, 3.05) is 0 Å². The lowest BCUT2D eigenvalue weighted by Crippen LogP contribution is -2.20. The van der Waals surface area contributed by atoms with Gasteiger partial charge in [-0.25, -0.2) is 4.39 Å². The molecule has 1 aromatic carbocycles. The molecule has 1 N–H and O–H groups in total. The molecule has 1 unspecified atom stereocenters. The number of halogens is 1. The molecule has 0 radical (unpaired) electrons. The van der Waals surface area contributed by atoms with Gasteiger partial charge in [-0.2, -0.15) is 4.98 Å². The first-order valence-electron chi connectivity index (χ1n) is 7.40. The van der Waals surface area contributed by atoms with Gasteiger partial charge in [-0.15, -0.1) is 0 Å². The number of hydrogen-bond donors (Lipinski definition) is 1. The molecule has 3 rings (SSSR count). The number of benzene rings is 1. The molecule has 1 aliphatic carbocycles. The lowest BCUT2D eigenvalue weighted by Gasteiger charge is -2.14. The minimum absolute atomic E-state index is 0.317. The Bertz CT molecular complexity index is 600. The van der Waals surface area contributed by atoms with Crippen LogP contribution >= 0.6 is 0 Å². The first kappa shape index (κ1) is 14.2. The second-order valence-corrected chi connectivity index (χ2v) is 5.84. The summed E-state index contributed by atoms with van der Waals surface area (Å²) in [5.41, 5.74) is 1.40. The second-order valence-electron chi connectivity index (χ2n) is 5.84. The zero-order valence-electron chi connectivity index (χ0n) is 12.1. The second kappa shape index (κ2) is 5.93. The van der Waals surface area contributed by atoms with Gasteiger partial charge in [0.2, 0.25) is 11.7 Å². The van der Waals surface area contributed by atoms with Gasteiger partial charge < -0.3 is 9.63 Å². The van der Waals surface area contributed by atoms with Gasteiger partial charge in [-0.05, 0) is 49.4 Å². The van der Waals surface area contributed by atoms with Crippen LogP contribution in [0.5, 0.6) is 0 Å². The van der Waals surface area contributed by atoms with Gasteiger partial charge in [-0.3, -0.25) is 0 Å². The van der Waals surface area contributed by atoms with Crippen molar-refractivity contribution < 1.29 is 14.0 Å². The zero-order chi connectivity index (χ0) is 14.8. The Labute approximate surface area is 123 Å². The van der Waals surface area contributed by atoms with Crippen LogP contribution < -0.4 is 0 Å². The summed E-state index contributed by atoms with van der Waals surface area (Å²) in [4.78, 5) is 4.27. The molecule has 2 aromatic rings. The molecular weight excluding hydrogens is 271 g/mol. The Morgan fingerprint density at radius 1 is 1.33 bits per heavy atom. The molecule has 1 saturated carbocycles. The van der Waals surface area contributed by atoms with E-state index >= 15 is 0 Å². The molecule has 0 saturated heterocycles. The highest BCUT2D eigenvalue weighted by Crippen LogP contribution is 2.29. The van der Waals surface area contributed by atoms with Gasteiger partial charge in [0, 0.05) is 5.56 Å². The number of aliphatic hydroxyl groups is 1. The molecular formula is C16H19FN2O2. The van der Waals surface area contributed by atoms with Gasteiger partial charge >= 0.3 is 0 Å². The van der Waals surface area contributed by atoms with Crippen molar-refractivity contribution >= 4 is 0 Å². The van der Waals surface area contributed by atoms with Crippen molar-refractivity contribution in [3.63, 3.8) is 0 Å². The fraction of sp³-hybridized carbons (Fsp3) is 0.500.